The smallest absolute Gasteiger partial charge is 0.241 e. The summed E-state index contributed by atoms with van der Waals surface area (Å²) in [5.74, 6) is 0.117. The number of nitriles is 1. The van der Waals surface area contributed by atoms with Crippen molar-refractivity contribution < 1.29 is 13.2 Å². The Morgan fingerprint density at radius 2 is 2.18 bits per heavy atom. The zero-order chi connectivity index (χ0) is 13.1. The summed E-state index contributed by atoms with van der Waals surface area (Å²) in [5, 5.41) is 13.9. The van der Waals surface area contributed by atoms with Crippen molar-refractivity contribution in [3.63, 3.8) is 0 Å². The van der Waals surface area contributed by atoms with Crippen LogP contribution in [0, 0.1) is 18.3 Å². The van der Waals surface area contributed by atoms with Gasteiger partial charge in [-0.25, -0.2) is 13.6 Å². The second-order valence-corrected chi connectivity index (χ2v) is 5.17. The molecule has 1 unspecified atom stereocenters. The molecule has 2 N–H and O–H groups in total. The molecule has 0 aliphatic heterocycles. The third-order valence-corrected chi connectivity index (χ3v) is 3.12. The van der Waals surface area contributed by atoms with Crippen molar-refractivity contribution in [1.82, 2.24) is 0 Å². The molecule has 5 nitrogen and oxygen atoms in total. The van der Waals surface area contributed by atoms with E-state index in [1.54, 1.807) is 19.9 Å². The Kier molecular flexibility index (Phi) is 4.10. The van der Waals surface area contributed by atoms with Crippen LogP contribution >= 0.6 is 0 Å². The highest BCUT2D eigenvalue weighted by atomic mass is 32.2. The third kappa shape index (κ3) is 3.44. The van der Waals surface area contributed by atoms with Crippen LogP contribution in [0.1, 0.15) is 18.9 Å². The topological polar surface area (TPSA) is 93.2 Å². The fraction of sp³-hybridized carbons (Fsp3) is 0.364. The van der Waals surface area contributed by atoms with Gasteiger partial charge in [-0.2, -0.15) is 5.26 Å². The molecule has 0 bridgehead atoms. The van der Waals surface area contributed by atoms with E-state index < -0.39 is 16.1 Å². The standard InChI is InChI=1S/C11H14N2O3S/c1-3-9(7-12)16-10-5-4-8(2)6-11(10)17(13,14)15/h4-6,9H,3H2,1-2H3,(H2,13,14,15). The molecule has 6 heteroatoms. The Bertz CT molecular complexity index is 546. The van der Waals surface area contributed by atoms with Crippen molar-refractivity contribution in [3.05, 3.63) is 23.8 Å². The molecule has 0 saturated carbocycles. The van der Waals surface area contributed by atoms with Gasteiger partial charge in [-0.15, -0.1) is 0 Å². The van der Waals surface area contributed by atoms with Gasteiger partial charge >= 0.3 is 0 Å². The van der Waals surface area contributed by atoms with Gasteiger partial charge in [-0.3, -0.25) is 0 Å². The van der Waals surface area contributed by atoms with E-state index in [0.717, 1.165) is 5.56 Å². The number of rotatable bonds is 4. The molecule has 1 rings (SSSR count). The molecule has 0 aromatic heterocycles. The minimum atomic E-state index is -3.85. The maximum absolute atomic E-state index is 11.4. The second-order valence-electron chi connectivity index (χ2n) is 3.64. The molecule has 0 aliphatic rings. The van der Waals surface area contributed by atoms with Crippen LogP contribution in [0.3, 0.4) is 0 Å². The van der Waals surface area contributed by atoms with Gasteiger partial charge in [-0.1, -0.05) is 13.0 Å². The number of nitrogens with zero attached hydrogens (tertiary/aromatic N) is 1. The first-order chi connectivity index (χ1) is 7.88. The van der Waals surface area contributed by atoms with E-state index in [1.165, 1.54) is 12.1 Å². The van der Waals surface area contributed by atoms with E-state index in [1.807, 2.05) is 6.07 Å². The molecule has 0 radical (unpaired) electrons. The first-order valence-corrected chi connectivity index (χ1v) is 6.62. The van der Waals surface area contributed by atoms with E-state index in [4.69, 9.17) is 15.1 Å². The van der Waals surface area contributed by atoms with Crippen LogP contribution in [0.4, 0.5) is 0 Å². The summed E-state index contributed by atoms with van der Waals surface area (Å²) in [6.07, 6.45) is -0.216. The number of hydrogen-bond acceptors (Lipinski definition) is 4. The Balaban J connectivity index is 3.21. The molecule has 0 amide bonds. The minimum absolute atomic E-state index is 0.0915. The highest BCUT2D eigenvalue weighted by molar-refractivity contribution is 7.89. The summed E-state index contributed by atoms with van der Waals surface area (Å²) < 4.78 is 28.1. The van der Waals surface area contributed by atoms with E-state index in [9.17, 15) is 8.42 Å². The summed E-state index contributed by atoms with van der Waals surface area (Å²) in [4.78, 5) is -0.0915. The van der Waals surface area contributed by atoms with Gasteiger partial charge < -0.3 is 4.74 Å². The van der Waals surface area contributed by atoms with Crippen molar-refractivity contribution in [2.24, 2.45) is 5.14 Å². The first kappa shape index (κ1) is 13.5. The van der Waals surface area contributed by atoms with Crippen molar-refractivity contribution in [1.29, 1.82) is 5.26 Å². The lowest BCUT2D eigenvalue weighted by Crippen LogP contribution is -2.18. The Morgan fingerprint density at radius 1 is 1.53 bits per heavy atom. The number of ether oxygens (including phenoxy) is 1. The van der Waals surface area contributed by atoms with Gasteiger partial charge in [0.2, 0.25) is 10.0 Å². The van der Waals surface area contributed by atoms with Crippen LogP contribution in [0.2, 0.25) is 0 Å². The number of benzene rings is 1. The summed E-state index contributed by atoms with van der Waals surface area (Å²) in [6, 6.07) is 6.57. The summed E-state index contributed by atoms with van der Waals surface area (Å²) in [5.41, 5.74) is 0.756. The molecule has 0 aliphatic carbocycles. The zero-order valence-corrected chi connectivity index (χ0v) is 10.5. The fourth-order valence-corrected chi connectivity index (χ4v) is 2.04. The Morgan fingerprint density at radius 3 is 2.65 bits per heavy atom. The molecule has 0 saturated heterocycles. The molecule has 92 valence electrons. The molecule has 1 aromatic carbocycles. The monoisotopic (exact) mass is 254 g/mol. The van der Waals surface area contributed by atoms with E-state index in [-0.39, 0.29) is 10.6 Å². The van der Waals surface area contributed by atoms with Crippen molar-refractivity contribution in [3.8, 4) is 11.8 Å². The number of sulfonamides is 1. The van der Waals surface area contributed by atoms with Gasteiger partial charge in [0.05, 0.1) is 0 Å². The number of primary sulfonamides is 1. The normalized spacial score (nSPS) is 12.8. The summed E-state index contributed by atoms with van der Waals surface area (Å²) in [7, 11) is -3.85. The molecule has 0 fully saturated rings. The average molecular weight is 254 g/mol. The summed E-state index contributed by atoms with van der Waals surface area (Å²) >= 11 is 0. The lowest BCUT2D eigenvalue weighted by molar-refractivity contribution is 0.245. The van der Waals surface area contributed by atoms with Gasteiger partial charge in [-0.05, 0) is 31.0 Å². The third-order valence-electron chi connectivity index (χ3n) is 2.19. The first-order valence-electron chi connectivity index (χ1n) is 5.08. The lowest BCUT2D eigenvalue weighted by Gasteiger charge is -2.13. The number of hydrogen-bond donors (Lipinski definition) is 1. The molecular formula is C11H14N2O3S. The largest absolute Gasteiger partial charge is 0.474 e. The van der Waals surface area contributed by atoms with Crippen molar-refractivity contribution in [2.45, 2.75) is 31.3 Å². The van der Waals surface area contributed by atoms with Gasteiger partial charge in [0.15, 0.2) is 6.10 Å². The predicted octanol–water partition coefficient (Wildman–Crippen LogP) is 1.32. The minimum Gasteiger partial charge on any atom is -0.474 e. The number of aryl methyl sites for hydroxylation is 1. The van der Waals surface area contributed by atoms with Gasteiger partial charge in [0, 0.05) is 0 Å². The van der Waals surface area contributed by atoms with E-state index in [2.05, 4.69) is 0 Å². The van der Waals surface area contributed by atoms with Crippen molar-refractivity contribution >= 4 is 10.0 Å². The Labute approximate surface area is 101 Å². The molecule has 0 spiro atoms. The molecule has 1 aromatic rings. The maximum atomic E-state index is 11.4. The lowest BCUT2D eigenvalue weighted by atomic mass is 10.2. The van der Waals surface area contributed by atoms with E-state index >= 15 is 0 Å². The highest BCUT2D eigenvalue weighted by Gasteiger charge is 2.17. The summed E-state index contributed by atoms with van der Waals surface area (Å²) in [6.45, 7) is 3.53. The van der Waals surface area contributed by atoms with Crippen molar-refractivity contribution in [2.75, 3.05) is 0 Å². The van der Waals surface area contributed by atoms with Gasteiger partial charge in [0.1, 0.15) is 16.7 Å². The number of nitrogens with two attached hydrogens (primary N) is 1. The molecule has 1 atom stereocenters. The van der Waals surface area contributed by atoms with Crippen LogP contribution in [0.15, 0.2) is 23.1 Å². The van der Waals surface area contributed by atoms with Crippen LogP contribution in [0.5, 0.6) is 5.75 Å². The Hall–Kier alpha value is -1.58. The van der Waals surface area contributed by atoms with Gasteiger partial charge in [0.25, 0.3) is 0 Å². The van der Waals surface area contributed by atoms with Crippen LogP contribution in [0.25, 0.3) is 0 Å². The molecular weight excluding hydrogens is 240 g/mol. The van der Waals surface area contributed by atoms with E-state index in [0.29, 0.717) is 6.42 Å². The maximum Gasteiger partial charge on any atom is 0.241 e. The van der Waals surface area contributed by atoms with Crippen LogP contribution in [-0.4, -0.2) is 14.5 Å². The zero-order valence-electron chi connectivity index (χ0n) is 9.67. The SMILES string of the molecule is CCC(C#N)Oc1ccc(C)cc1S(N)(=O)=O. The quantitative estimate of drug-likeness (QED) is 0.876. The molecule has 17 heavy (non-hydrogen) atoms. The fourth-order valence-electron chi connectivity index (χ4n) is 1.29. The molecule has 0 heterocycles. The van der Waals surface area contributed by atoms with Crippen LogP contribution in [-0.2, 0) is 10.0 Å². The predicted molar refractivity (Wildman–Crippen MR) is 62.9 cm³/mol. The van der Waals surface area contributed by atoms with Crippen LogP contribution < -0.4 is 9.88 Å². The second kappa shape index (κ2) is 5.17. The highest BCUT2D eigenvalue weighted by Crippen LogP contribution is 2.25. The average Bonchev–Trinajstić information content (AvgIpc) is 2.26.